The number of ether oxygens (including phenoxy) is 2. The van der Waals surface area contributed by atoms with E-state index in [1.54, 1.807) is 13.8 Å². The van der Waals surface area contributed by atoms with E-state index in [1.807, 2.05) is 13.8 Å². The van der Waals surface area contributed by atoms with Crippen molar-refractivity contribution in [2.45, 2.75) is 78.4 Å². The van der Waals surface area contributed by atoms with Crippen LogP contribution >= 0.6 is 0 Å². The van der Waals surface area contributed by atoms with Gasteiger partial charge in [0.05, 0.1) is 18.4 Å². The van der Waals surface area contributed by atoms with Crippen LogP contribution in [0.25, 0.3) is 0 Å². The maximum atomic E-state index is 12.0. The van der Waals surface area contributed by atoms with Crippen LogP contribution in [-0.4, -0.2) is 35.2 Å². The molecule has 0 aromatic carbocycles. The molecule has 6 nitrogen and oxygen atoms in total. The van der Waals surface area contributed by atoms with Crippen molar-refractivity contribution < 1.29 is 29.0 Å². The van der Waals surface area contributed by atoms with E-state index in [0.717, 1.165) is 6.42 Å². The molecule has 0 saturated carbocycles. The summed E-state index contributed by atoms with van der Waals surface area (Å²) in [5, 5.41) is 8.66. The molecule has 0 aliphatic rings. The standard InChI is InChI=1S/C16H28O6/c1-5-7-15(19)21-11(3)8-9-13(6-2)16(20)22-12(4)10-14(17)18/h11-13H,5-10H2,1-4H3,(H,17,18)/t11-,12-,13?/m1/s1. The maximum Gasteiger partial charge on any atom is 0.309 e. The summed E-state index contributed by atoms with van der Waals surface area (Å²) in [7, 11) is 0. The molecule has 128 valence electrons. The van der Waals surface area contributed by atoms with Gasteiger partial charge < -0.3 is 14.6 Å². The number of esters is 2. The monoisotopic (exact) mass is 316 g/mol. The second kappa shape index (κ2) is 11.0. The Morgan fingerprint density at radius 2 is 1.64 bits per heavy atom. The van der Waals surface area contributed by atoms with Crippen LogP contribution < -0.4 is 0 Å². The molecule has 0 spiro atoms. The molecule has 0 aliphatic heterocycles. The molecule has 0 aliphatic carbocycles. The van der Waals surface area contributed by atoms with Gasteiger partial charge in [-0.15, -0.1) is 0 Å². The smallest absolute Gasteiger partial charge is 0.309 e. The second-order valence-corrected chi connectivity index (χ2v) is 5.58. The van der Waals surface area contributed by atoms with E-state index in [0.29, 0.717) is 25.7 Å². The molecule has 22 heavy (non-hydrogen) atoms. The summed E-state index contributed by atoms with van der Waals surface area (Å²) in [5.74, 6) is -1.91. The molecule has 0 aromatic heterocycles. The highest BCUT2D eigenvalue weighted by molar-refractivity contribution is 5.73. The van der Waals surface area contributed by atoms with Crippen LogP contribution in [0.4, 0.5) is 0 Å². The Balaban J connectivity index is 4.21. The van der Waals surface area contributed by atoms with Crippen LogP contribution in [0.5, 0.6) is 0 Å². The van der Waals surface area contributed by atoms with Gasteiger partial charge in [-0.05, 0) is 39.5 Å². The van der Waals surface area contributed by atoms with Crippen molar-refractivity contribution in [2.24, 2.45) is 5.92 Å². The zero-order valence-electron chi connectivity index (χ0n) is 14.0. The Bertz CT molecular complexity index is 366. The van der Waals surface area contributed by atoms with Crippen molar-refractivity contribution in [1.82, 2.24) is 0 Å². The van der Waals surface area contributed by atoms with Gasteiger partial charge in [0, 0.05) is 6.42 Å². The van der Waals surface area contributed by atoms with Crippen LogP contribution in [-0.2, 0) is 23.9 Å². The zero-order chi connectivity index (χ0) is 17.1. The molecule has 0 fully saturated rings. The predicted molar refractivity (Wildman–Crippen MR) is 81.3 cm³/mol. The van der Waals surface area contributed by atoms with E-state index in [4.69, 9.17) is 14.6 Å². The molecule has 0 amide bonds. The van der Waals surface area contributed by atoms with Crippen LogP contribution in [0.15, 0.2) is 0 Å². The lowest BCUT2D eigenvalue weighted by Crippen LogP contribution is -2.25. The number of hydrogen-bond acceptors (Lipinski definition) is 5. The summed E-state index contributed by atoms with van der Waals surface area (Å²) in [5.41, 5.74) is 0. The highest BCUT2D eigenvalue weighted by atomic mass is 16.5. The third-order valence-electron chi connectivity index (χ3n) is 3.31. The molecule has 3 atom stereocenters. The molecule has 1 unspecified atom stereocenters. The molecule has 0 bridgehead atoms. The van der Waals surface area contributed by atoms with Crippen molar-refractivity contribution in [2.75, 3.05) is 0 Å². The topological polar surface area (TPSA) is 89.9 Å². The summed E-state index contributed by atoms with van der Waals surface area (Å²) in [4.78, 5) is 33.9. The average molecular weight is 316 g/mol. The normalized spacial score (nSPS) is 14.7. The summed E-state index contributed by atoms with van der Waals surface area (Å²) in [6.45, 7) is 7.15. The van der Waals surface area contributed by atoms with Gasteiger partial charge in [0.15, 0.2) is 0 Å². The fourth-order valence-electron chi connectivity index (χ4n) is 2.05. The van der Waals surface area contributed by atoms with Crippen LogP contribution in [0.2, 0.25) is 0 Å². The summed E-state index contributed by atoms with van der Waals surface area (Å²) in [6.07, 6.45) is 1.80. The molecular weight excluding hydrogens is 288 g/mol. The molecular formula is C16H28O6. The first-order valence-corrected chi connectivity index (χ1v) is 7.91. The number of carboxylic acid groups (broad SMARTS) is 1. The summed E-state index contributed by atoms with van der Waals surface area (Å²) >= 11 is 0. The van der Waals surface area contributed by atoms with Crippen LogP contribution in [0, 0.1) is 5.92 Å². The van der Waals surface area contributed by atoms with Gasteiger partial charge in [-0.1, -0.05) is 13.8 Å². The lowest BCUT2D eigenvalue weighted by molar-refractivity contribution is -0.156. The van der Waals surface area contributed by atoms with Gasteiger partial charge in [-0.3, -0.25) is 14.4 Å². The second-order valence-electron chi connectivity index (χ2n) is 5.58. The van der Waals surface area contributed by atoms with Gasteiger partial charge in [0.25, 0.3) is 0 Å². The highest BCUT2D eigenvalue weighted by Gasteiger charge is 2.22. The molecule has 0 aromatic rings. The molecule has 0 rings (SSSR count). The Hall–Kier alpha value is -1.59. The van der Waals surface area contributed by atoms with E-state index in [1.165, 1.54) is 0 Å². The Morgan fingerprint density at radius 3 is 2.14 bits per heavy atom. The highest BCUT2D eigenvalue weighted by Crippen LogP contribution is 2.17. The first kappa shape index (κ1) is 20.4. The van der Waals surface area contributed by atoms with Crippen LogP contribution in [0.3, 0.4) is 0 Å². The molecule has 0 heterocycles. The Morgan fingerprint density at radius 1 is 1.00 bits per heavy atom. The van der Waals surface area contributed by atoms with E-state index in [-0.39, 0.29) is 30.4 Å². The van der Waals surface area contributed by atoms with Crippen molar-refractivity contribution in [3.8, 4) is 0 Å². The van der Waals surface area contributed by atoms with E-state index >= 15 is 0 Å². The molecule has 6 heteroatoms. The van der Waals surface area contributed by atoms with Gasteiger partial charge in [0.2, 0.25) is 0 Å². The number of rotatable bonds is 11. The fourth-order valence-corrected chi connectivity index (χ4v) is 2.05. The minimum absolute atomic E-state index is 0.201. The fraction of sp³-hybridized carbons (Fsp3) is 0.812. The molecule has 0 saturated heterocycles. The largest absolute Gasteiger partial charge is 0.481 e. The zero-order valence-corrected chi connectivity index (χ0v) is 14.0. The minimum atomic E-state index is -0.996. The van der Waals surface area contributed by atoms with E-state index < -0.39 is 12.1 Å². The number of carboxylic acids is 1. The van der Waals surface area contributed by atoms with Gasteiger partial charge in [-0.2, -0.15) is 0 Å². The number of carbonyl (C=O) groups is 3. The number of aliphatic carboxylic acids is 1. The van der Waals surface area contributed by atoms with Crippen molar-refractivity contribution in [1.29, 1.82) is 0 Å². The average Bonchev–Trinajstić information content (AvgIpc) is 2.38. The summed E-state index contributed by atoms with van der Waals surface area (Å²) < 4.78 is 10.4. The maximum absolute atomic E-state index is 12.0. The lowest BCUT2D eigenvalue weighted by atomic mass is 9.98. The first-order chi connectivity index (χ1) is 10.3. The SMILES string of the molecule is CCCC(=O)O[C@H](C)CCC(CC)C(=O)O[C@H](C)CC(=O)O. The van der Waals surface area contributed by atoms with Gasteiger partial charge in [-0.25, -0.2) is 0 Å². The van der Waals surface area contributed by atoms with Gasteiger partial charge in [0.1, 0.15) is 6.10 Å². The van der Waals surface area contributed by atoms with Gasteiger partial charge >= 0.3 is 17.9 Å². The Labute approximate surface area is 132 Å². The van der Waals surface area contributed by atoms with Crippen LogP contribution in [0.1, 0.15) is 66.2 Å². The number of carbonyl (C=O) groups excluding carboxylic acids is 2. The molecule has 1 N–H and O–H groups in total. The first-order valence-electron chi connectivity index (χ1n) is 7.91. The minimum Gasteiger partial charge on any atom is -0.481 e. The third kappa shape index (κ3) is 9.37. The molecule has 0 radical (unpaired) electrons. The number of hydrogen-bond donors (Lipinski definition) is 1. The van der Waals surface area contributed by atoms with E-state index in [9.17, 15) is 14.4 Å². The predicted octanol–water partition coefficient (Wildman–Crippen LogP) is 2.93. The summed E-state index contributed by atoms with van der Waals surface area (Å²) in [6, 6.07) is 0. The van der Waals surface area contributed by atoms with Crippen molar-refractivity contribution in [3.63, 3.8) is 0 Å². The third-order valence-corrected chi connectivity index (χ3v) is 3.31. The van der Waals surface area contributed by atoms with Crippen molar-refractivity contribution >= 4 is 17.9 Å². The lowest BCUT2D eigenvalue weighted by Gasteiger charge is -2.19. The Kier molecular flexibility index (Phi) is 10.2. The van der Waals surface area contributed by atoms with E-state index in [2.05, 4.69) is 0 Å². The van der Waals surface area contributed by atoms with Crippen molar-refractivity contribution in [3.05, 3.63) is 0 Å². The quantitative estimate of drug-likeness (QED) is 0.589.